The molecule has 21 heavy (non-hydrogen) atoms. The van der Waals surface area contributed by atoms with E-state index in [1.165, 1.54) is 18.4 Å². The molecule has 4 heteroatoms. The highest BCUT2D eigenvalue weighted by molar-refractivity contribution is 14.1. The van der Waals surface area contributed by atoms with Gasteiger partial charge in [-0.15, -0.1) is 0 Å². The molecule has 0 saturated carbocycles. The van der Waals surface area contributed by atoms with Crippen LogP contribution in [0.1, 0.15) is 24.0 Å². The lowest BCUT2D eigenvalue weighted by Gasteiger charge is -2.31. The summed E-state index contributed by atoms with van der Waals surface area (Å²) in [6.07, 6.45) is 4.47. The number of halogens is 1. The summed E-state index contributed by atoms with van der Waals surface area (Å²) in [6.45, 7) is 4.86. The molecule has 0 atom stereocenters. The van der Waals surface area contributed by atoms with Crippen molar-refractivity contribution in [2.45, 2.75) is 19.4 Å². The van der Waals surface area contributed by atoms with Crippen molar-refractivity contribution in [2.75, 3.05) is 26.3 Å². The average molecular weight is 396 g/mol. The third-order valence-corrected chi connectivity index (χ3v) is 4.36. The summed E-state index contributed by atoms with van der Waals surface area (Å²) in [6, 6.07) is 10.1. The lowest BCUT2D eigenvalue weighted by molar-refractivity contribution is 0.0800. The van der Waals surface area contributed by atoms with E-state index in [-0.39, 0.29) is 0 Å². The van der Waals surface area contributed by atoms with Crippen LogP contribution in [-0.4, -0.2) is 31.2 Å². The lowest BCUT2D eigenvalue weighted by atomic mass is 9.97. The van der Waals surface area contributed by atoms with Crippen LogP contribution in [0.4, 0.5) is 0 Å². The van der Waals surface area contributed by atoms with Crippen molar-refractivity contribution in [1.82, 2.24) is 4.90 Å². The summed E-state index contributed by atoms with van der Waals surface area (Å²) in [5, 5.41) is 8.81. The van der Waals surface area contributed by atoms with E-state index >= 15 is 0 Å². The number of rotatable bonds is 6. The van der Waals surface area contributed by atoms with E-state index in [2.05, 4.69) is 45.7 Å². The van der Waals surface area contributed by atoms with Crippen LogP contribution < -0.4 is 0 Å². The molecule has 0 bridgehead atoms. The van der Waals surface area contributed by atoms with Crippen molar-refractivity contribution in [3.05, 3.63) is 45.6 Å². The van der Waals surface area contributed by atoms with Gasteiger partial charge in [-0.3, -0.25) is 4.90 Å². The number of piperidine rings is 1. The second kappa shape index (κ2) is 9.19. The Hall–Kier alpha value is -0.900. The van der Waals surface area contributed by atoms with Gasteiger partial charge in [0.25, 0.3) is 0 Å². The van der Waals surface area contributed by atoms with Gasteiger partial charge in [-0.05, 0) is 53.6 Å². The van der Waals surface area contributed by atoms with Crippen LogP contribution in [-0.2, 0) is 11.3 Å². The number of nitrogens with zero attached hydrogens (tertiary/aromatic N) is 2. The van der Waals surface area contributed by atoms with Gasteiger partial charge in [-0.1, -0.05) is 40.8 Å². The van der Waals surface area contributed by atoms with Crippen LogP contribution in [0.25, 0.3) is 0 Å². The average Bonchev–Trinajstić information content (AvgIpc) is 2.54. The smallest absolute Gasteiger partial charge is 0.0991 e. The minimum Gasteiger partial charge on any atom is -0.377 e. The van der Waals surface area contributed by atoms with E-state index in [0.717, 1.165) is 38.4 Å². The first-order chi connectivity index (χ1) is 10.3. The fourth-order valence-electron chi connectivity index (χ4n) is 2.59. The molecule has 0 unspecified atom stereocenters. The Morgan fingerprint density at radius 2 is 2.00 bits per heavy atom. The van der Waals surface area contributed by atoms with Gasteiger partial charge < -0.3 is 4.74 Å². The zero-order chi connectivity index (χ0) is 14.9. The molecule has 1 aromatic carbocycles. The molecule has 1 heterocycles. The van der Waals surface area contributed by atoms with E-state index in [1.807, 2.05) is 22.3 Å². The molecular weight excluding hydrogens is 375 g/mol. The Labute approximate surface area is 140 Å². The number of hydrogen-bond donors (Lipinski definition) is 0. The maximum Gasteiger partial charge on any atom is 0.0991 e. The summed E-state index contributed by atoms with van der Waals surface area (Å²) in [5.74, 6) is 0.699. The minimum atomic E-state index is 0.699. The number of ether oxygens (including phenoxy) is 1. The molecule has 1 aliphatic rings. The predicted octanol–water partition coefficient (Wildman–Crippen LogP) is 3.74. The monoisotopic (exact) mass is 396 g/mol. The van der Waals surface area contributed by atoms with Gasteiger partial charge in [0.2, 0.25) is 0 Å². The van der Waals surface area contributed by atoms with Gasteiger partial charge in [0.05, 0.1) is 18.2 Å². The van der Waals surface area contributed by atoms with Crippen molar-refractivity contribution in [2.24, 2.45) is 5.92 Å². The zero-order valence-electron chi connectivity index (χ0n) is 12.2. The van der Waals surface area contributed by atoms with Crippen LogP contribution in [0.2, 0.25) is 0 Å². The van der Waals surface area contributed by atoms with E-state index in [1.54, 1.807) is 0 Å². The van der Waals surface area contributed by atoms with Crippen molar-refractivity contribution < 1.29 is 4.74 Å². The largest absolute Gasteiger partial charge is 0.377 e. The van der Waals surface area contributed by atoms with Crippen LogP contribution >= 0.6 is 22.6 Å². The summed E-state index contributed by atoms with van der Waals surface area (Å²) < 4.78 is 7.65. The normalized spacial score (nSPS) is 17.1. The van der Waals surface area contributed by atoms with E-state index in [4.69, 9.17) is 10.00 Å². The summed E-state index contributed by atoms with van der Waals surface area (Å²) in [4.78, 5) is 2.49. The molecule has 1 aromatic rings. The summed E-state index contributed by atoms with van der Waals surface area (Å²) in [7, 11) is 0. The molecule has 1 saturated heterocycles. The van der Waals surface area contributed by atoms with Crippen LogP contribution in [0.3, 0.4) is 0 Å². The topological polar surface area (TPSA) is 36.3 Å². The van der Waals surface area contributed by atoms with Gasteiger partial charge in [0, 0.05) is 13.2 Å². The third-order valence-electron chi connectivity index (χ3n) is 3.85. The van der Waals surface area contributed by atoms with Gasteiger partial charge in [0.15, 0.2) is 0 Å². The molecule has 0 aliphatic carbocycles. The standard InChI is InChI=1S/C17H21IN2O/c18-8-1-11-21-14-17-6-9-20(10-7-17)13-16-4-2-15(12-19)3-5-16/h1-5,8,17H,6-7,9-11,13-14H2/b8-1+. The molecule has 1 fully saturated rings. The minimum absolute atomic E-state index is 0.699. The predicted molar refractivity (Wildman–Crippen MR) is 93.1 cm³/mol. The van der Waals surface area contributed by atoms with Crippen molar-refractivity contribution in [1.29, 1.82) is 5.26 Å². The molecule has 0 radical (unpaired) electrons. The summed E-state index contributed by atoms with van der Waals surface area (Å²) in [5.41, 5.74) is 2.02. The second-order valence-electron chi connectivity index (χ2n) is 5.43. The van der Waals surface area contributed by atoms with E-state index in [0.29, 0.717) is 5.92 Å². The first-order valence-corrected chi connectivity index (χ1v) is 8.60. The van der Waals surface area contributed by atoms with Crippen molar-refractivity contribution >= 4 is 22.6 Å². The summed E-state index contributed by atoms with van der Waals surface area (Å²) >= 11 is 2.21. The SMILES string of the molecule is N#Cc1ccc(CN2CCC(COC/C=C/I)CC2)cc1. The fourth-order valence-corrected chi connectivity index (χ4v) is 2.80. The molecule has 1 aliphatic heterocycles. The Morgan fingerprint density at radius 1 is 1.29 bits per heavy atom. The molecule has 0 N–H and O–H groups in total. The van der Waals surface area contributed by atoms with Crippen molar-refractivity contribution in [3.8, 4) is 6.07 Å². The molecule has 0 amide bonds. The molecular formula is C17H21IN2O. The maximum absolute atomic E-state index is 8.81. The Morgan fingerprint density at radius 3 is 2.62 bits per heavy atom. The number of likely N-dealkylation sites (tertiary alicyclic amines) is 1. The Kier molecular flexibility index (Phi) is 7.20. The maximum atomic E-state index is 8.81. The van der Waals surface area contributed by atoms with Gasteiger partial charge in [-0.25, -0.2) is 0 Å². The number of nitriles is 1. The highest BCUT2D eigenvalue weighted by Crippen LogP contribution is 2.19. The Bertz CT molecular complexity index is 485. The molecule has 0 spiro atoms. The second-order valence-corrected chi connectivity index (χ2v) is 6.15. The van der Waals surface area contributed by atoms with Gasteiger partial charge in [-0.2, -0.15) is 5.26 Å². The van der Waals surface area contributed by atoms with Gasteiger partial charge >= 0.3 is 0 Å². The highest BCUT2D eigenvalue weighted by atomic mass is 127. The first kappa shape index (κ1) is 16.5. The van der Waals surface area contributed by atoms with Crippen LogP contribution in [0.15, 0.2) is 34.4 Å². The quantitative estimate of drug-likeness (QED) is 0.543. The number of benzene rings is 1. The van der Waals surface area contributed by atoms with E-state index < -0.39 is 0 Å². The van der Waals surface area contributed by atoms with Crippen LogP contribution in [0.5, 0.6) is 0 Å². The highest BCUT2D eigenvalue weighted by Gasteiger charge is 2.19. The number of hydrogen-bond acceptors (Lipinski definition) is 3. The fraction of sp³-hybridized carbons (Fsp3) is 0.471. The van der Waals surface area contributed by atoms with E-state index in [9.17, 15) is 0 Å². The van der Waals surface area contributed by atoms with Crippen LogP contribution in [0, 0.1) is 17.2 Å². The molecule has 0 aromatic heterocycles. The molecule has 112 valence electrons. The molecule has 2 rings (SSSR count). The third kappa shape index (κ3) is 5.77. The molecule has 3 nitrogen and oxygen atoms in total. The van der Waals surface area contributed by atoms with Crippen molar-refractivity contribution in [3.63, 3.8) is 0 Å². The Balaban J connectivity index is 1.70. The first-order valence-electron chi connectivity index (χ1n) is 7.36. The zero-order valence-corrected chi connectivity index (χ0v) is 14.3. The lowest BCUT2D eigenvalue weighted by Crippen LogP contribution is -2.34. The van der Waals surface area contributed by atoms with Gasteiger partial charge in [0.1, 0.15) is 0 Å².